The van der Waals surface area contributed by atoms with Gasteiger partial charge in [-0.05, 0) is 173 Å². The number of hydrogen-bond donors (Lipinski definition) is 8. The lowest BCUT2D eigenvalue weighted by molar-refractivity contribution is 0.00975. The first-order valence-corrected chi connectivity index (χ1v) is 33.9. The summed E-state index contributed by atoms with van der Waals surface area (Å²) in [6.45, 7) is 5.08. The molecule has 5 bridgehead atoms. The van der Waals surface area contributed by atoms with E-state index >= 15 is 4.79 Å². The molecule has 2 aliphatic carbocycles. The van der Waals surface area contributed by atoms with Crippen LogP contribution in [0.2, 0.25) is 0 Å². The van der Waals surface area contributed by atoms with Gasteiger partial charge in [0.25, 0.3) is 0 Å². The van der Waals surface area contributed by atoms with E-state index in [9.17, 15) is 35.7 Å². The second-order valence-electron chi connectivity index (χ2n) is 24.0. The first kappa shape index (κ1) is 55.4. The molecule has 11 nitrogen and oxygen atoms in total. The van der Waals surface area contributed by atoms with E-state index in [4.69, 9.17) is 9.15 Å². The second kappa shape index (κ2) is 23.0. The van der Waals surface area contributed by atoms with Crippen molar-refractivity contribution >= 4 is 64.9 Å². The average molecular weight is 1170 g/mol. The van der Waals surface area contributed by atoms with Gasteiger partial charge in [-0.1, -0.05) is 124 Å². The van der Waals surface area contributed by atoms with Crippen LogP contribution in [0, 0.1) is 17.8 Å². The maximum Gasteiger partial charge on any atom is 0.238 e. The molecule has 5 heterocycles. The van der Waals surface area contributed by atoms with E-state index in [1.165, 1.54) is 17.2 Å². The van der Waals surface area contributed by atoms with Crippen molar-refractivity contribution in [1.82, 2.24) is 5.32 Å². The molecule has 2 fully saturated rings. The fourth-order valence-electron chi connectivity index (χ4n) is 14.8. The fourth-order valence-corrected chi connectivity index (χ4v) is 20.7. The summed E-state index contributed by atoms with van der Waals surface area (Å²) in [6, 6.07) is 29.1. The smallest absolute Gasteiger partial charge is 0.238 e. The summed E-state index contributed by atoms with van der Waals surface area (Å²) < 4.78 is 14.0. The number of nitrogens with one attached hydrogen (secondary N) is 1. The molecule has 2 saturated heterocycles. The van der Waals surface area contributed by atoms with Gasteiger partial charge in [0.2, 0.25) is 11.2 Å². The normalized spacial score (nSPS) is 26.0. The van der Waals surface area contributed by atoms with Crippen LogP contribution < -0.4 is 15.5 Å². The largest absolute Gasteiger partial charge is 0.507 e. The number of aliphatic hydroxyl groups excluding tert-OH is 4. The quantitative estimate of drug-likeness (QED) is 0.0603. The monoisotopic (exact) mass is 1170 g/mol. The molecule has 6 aliphatic rings. The molecule has 6 aromatic carbocycles. The van der Waals surface area contributed by atoms with Gasteiger partial charge in [0.15, 0.2) is 5.76 Å². The highest BCUT2D eigenvalue weighted by Crippen LogP contribution is 2.61. The van der Waals surface area contributed by atoms with Crippen LogP contribution in [0.4, 0.5) is 0 Å². The third-order valence-corrected chi connectivity index (χ3v) is 24.0. The van der Waals surface area contributed by atoms with Crippen molar-refractivity contribution in [3.8, 4) is 45.4 Å². The van der Waals surface area contributed by atoms with Gasteiger partial charge in [0.05, 0.1) is 23.0 Å². The Morgan fingerprint density at radius 3 is 2.48 bits per heavy atom. The lowest BCUT2D eigenvalue weighted by atomic mass is 9.65. The van der Waals surface area contributed by atoms with Gasteiger partial charge in [-0.2, -0.15) is 0 Å². The molecule has 424 valence electrons. The van der Waals surface area contributed by atoms with Crippen molar-refractivity contribution in [2.24, 2.45) is 17.8 Å². The minimum Gasteiger partial charge on any atom is -0.507 e. The Morgan fingerprint density at radius 1 is 0.815 bits per heavy atom. The van der Waals surface area contributed by atoms with Crippen molar-refractivity contribution in [3.63, 3.8) is 0 Å². The first-order valence-electron chi connectivity index (χ1n) is 29.1. The summed E-state index contributed by atoms with van der Waals surface area (Å²) in [5.74, 6) is 0.432. The number of phenolic OH excluding ortho intramolecular Hbond substituents is 2. The fraction of sp³-hybridized carbons (Fsp3) is 0.439. The SMILES string of the molecule is CC(C)Cc1cc(-c2oc3cc(O)c4c(c3c(=O)c2O)O[C@@H]2C[C@@H]3c5c-4cc4c6c(ccc(c56)[C@H](SSCCC[C@@H]2O)[C@H]3O)C[C@H](CCCO)[C@@H]4CCO)c2c(c1O)Cc1cccc(c1)[C@H]1NC[C@H](Cc3ccccc3)C[C@@H]1SSC2. The zero-order valence-electron chi connectivity index (χ0n) is 45.7. The molecule has 0 radical (unpaired) electrons. The first-order chi connectivity index (χ1) is 39.4. The highest BCUT2D eigenvalue weighted by Gasteiger charge is 2.47. The van der Waals surface area contributed by atoms with E-state index in [1.807, 2.05) is 16.9 Å². The molecule has 7 aromatic rings. The zero-order valence-corrected chi connectivity index (χ0v) is 49.0. The summed E-state index contributed by atoms with van der Waals surface area (Å²) in [7, 11) is 6.88. The number of fused-ring (bicyclic) bond motifs is 12. The third-order valence-electron chi connectivity index (χ3n) is 18.4. The molecule has 0 spiro atoms. The van der Waals surface area contributed by atoms with Gasteiger partial charge >= 0.3 is 0 Å². The summed E-state index contributed by atoms with van der Waals surface area (Å²) in [4.78, 5) is 15.7. The molecule has 13 rings (SSSR count). The Balaban J connectivity index is 1.00. The minimum atomic E-state index is -1.01. The van der Waals surface area contributed by atoms with Crippen LogP contribution in [0.1, 0.15) is 138 Å². The zero-order chi connectivity index (χ0) is 55.8. The highest BCUT2D eigenvalue weighted by atomic mass is 33.1. The van der Waals surface area contributed by atoms with Crippen molar-refractivity contribution in [2.45, 2.75) is 137 Å². The average Bonchev–Trinajstić information content (AvgIpc) is 3.57. The molecule has 1 aromatic heterocycles. The Morgan fingerprint density at radius 2 is 1.67 bits per heavy atom. The van der Waals surface area contributed by atoms with E-state index < -0.39 is 35.4 Å². The molecule has 4 aliphatic heterocycles. The van der Waals surface area contributed by atoms with Crippen molar-refractivity contribution in [2.75, 3.05) is 25.5 Å². The molecular formula is C66H71NO10S4. The Labute approximate surface area is 488 Å². The summed E-state index contributed by atoms with van der Waals surface area (Å²) in [5, 5.41) is 89.6. The van der Waals surface area contributed by atoms with Crippen molar-refractivity contribution in [3.05, 3.63) is 151 Å². The molecule has 81 heavy (non-hydrogen) atoms. The summed E-state index contributed by atoms with van der Waals surface area (Å²) >= 11 is 0. The van der Waals surface area contributed by atoms with Crippen LogP contribution in [0.5, 0.6) is 23.0 Å². The van der Waals surface area contributed by atoms with Gasteiger partial charge in [0.1, 0.15) is 34.3 Å². The van der Waals surface area contributed by atoms with Gasteiger partial charge in [-0.25, -0.2) is 0 Å². The lowest BCUT2D eigenvalue weighted by Crippen LogP contribution is -2.41. The van der Waals surface area contributed by atoms with Crippen molar-refractivity contribution in [1.29, 1.82) is 0 Å². The van der Waals surface area contributed by atoms with Crippen LogP contribution in [0.3, 0.4) is 0 Å². The lowest BCUT2D eigenvalue weighted by Gasteiger charge is -2.43. The van der Waals surface area contributed by atoms with E-state index in [0.717, 1.165) is 82.1 Å². The van der Waals surface area contributed by atoms with Gasteiger partial charge in [-0.15, -0.1) is 0 Å². The van der Waals surface area contributed by atoms with E-state index in [2.05, 4.69) is 92.0 Å². The van der Waals surface area contributed by atoms with Crippen LogP contribution in [-0.4, -0.2) is 84.8 Å². The number of aliphatic hydroxyl groups is 4. The predicted molar refractivity (Wildman–Crippen MR) is 329 cm³/mol. The Hall–Kier alpha value is -4.81. The summed E-state index contributed by atoms with van der Waals surface area (Å²) in [5.41, 5.74) is 10.1. The maximum absolute atomic E-state index is 15.7. The van der Waals surface area contributed by atoms with Crippen molar-refractivity contribution < 1.29 is 44.9 Å². The van der Waals surface area contributed by atoms with Crippen LogP contribution >= 0.6 is 43.2 Å². The molecule has 8 N–H and O–H groups in total. The second-order valence-corrected chi connectivity index (χ2v) is 29.3. The Kier molecular flexibility index (Phi) is 15.7. The van der Waals surface area contributed by atoms with E-state index in [0.29, 0.717) is 72.4 Å². The van der Waals surface area contributed by atoms with Gasteiger partial charge in [0, 0.05) is 65.5 Å². The van der Waals surface area contributed by atoms with Crippen LogP contribution in [-0.2, 0) is 31.4 Å². The van der Waals surface area contributed by atoms with Gasteiger partial charge in [-0.3, -0.25) is 4.79 Å². The molecule has 0 unspecified atom stereocenters. The standard InChI is InChI=1S/C66H71NO10S4/c1-33(2)21-40-27-45(48-32-79-80-53-25-36(22-34-9-4-3-5-10-34)31-67-59(53)39-12-6-11-35(23-39)24-44(48)60(40)72)64-63(75)62(74)58-52(77-64)30-50(71)56-46-28-43-41(17-19-69)37(13-7-18-68)26-38-15-16-42-57(54(38)43)55(46)47-29-51(76-65(56)58)49(70)14-8-20-78-81-66(42)61(47)73/h3-6,9-12,15-16,23,27-28,30,33,36-37,41,47,49,51,53,59,61,66-73,75H,7-8,13-14,17-22,24-26,29,31-32H2,1-2H3/t36-,37+,41+,47-,49+,51-,53+,59-,61+,66+/m1/s1. The predicted octanol–water partition coefficient (Wildman–Crippen LogP) is 12.9. The number of piperidine rings is 1. The molecule has 0 amide bonds. The number of ether oxygens (including phenoxy) is 1. The topological polar surface area (TPSA) is 193 Å². The number of aromatic hydroxyl groups is 3. The highest BCUT2D eigenvalue weighted by molar-refractivity contribution is 8.77. The Bertz CT molecular complexity index is 3610. The maximum atomic E-state index is 15.7. The molecule has 10 atom stereocenters. The van der Waals surface area contributed by atoms with Gasteiger partial charge < -0.3 is 50.2 Å². The minimum absolute atomic E-state index is 0.0104. The molecular weight excluding hydrogens is 1090 g/mol. The van der Waals surface area contributed by atoms with Crippen LogP contribution in [0.15, 0.2) is 94.1 Å². The van der Waals surface area contributed by atoms with E-state index in [1.54, 1.807) is 32.4 Å². The summed E-state index contributed by atoms with van der Waals surface area (Å²) in [6.07, 6.45) is 3.94. The van der Waals surface area contributed by atoms with Crippen LogP contribution in [0.25, 0.3) is 44.2 Å². The number of phenols is 2. The molecule has 0 saturated carbocycles. The molecule has 15 heteroatoms. The third kappa shape index (κ3) is 10.1. The number of benzene rings is 6. The number of hydrogen-bond acceptors (Lipinski definition) is 15. The number of rotatable bonds is 10. The van der Waals surface area contributed by atoms with E-state index in [-0.39, 0.29) is 93.5 Å².